The highest BCUT2D eigenvalue weighted by Gasteiger charge is 2.21. The second-order valence-electron chi connectivity index (χ2n) is 6.83. The maximum absolute atomic E-state index is 4.89. The van der Waals surface area contributed by atoms with Crippen molar-refractivity contribution in [2.24, 2.45) is 0 Å². The number of rotatable bonds is 3. The van der Waals surface area contributed by atoms with Crippen LogP contribution in [0.15, 0.2) is 30.5 Å². The van der Waals surface area contributed by atoms with Crippen LogP contribution in [-0.2, 0) is 19.5 Å². The van der Waals surface area contributed by atoms with Gasteiger partial charge in [0.2, 0.25) is 0 Å². The normalized spacial score (nSPS) is 15.2. The van der Waals surface area contributed by atoms with E-state index in [1.165, 1.54) is 16.8 Å². The van der Waals surface area contributed by atoms with Crippen molar-refractivity contribution in [2.75, 3.05) is 6.54 Å². The van der Waals surface area contributed by atoms with E-state index in [1.54, 1.807) is 0 Å². The van der Waals surface area contributed by atoms with Gasteiger partial charge in [-0.1, -0.05) is 12.1 Å². The van der Waals surface area contributed by atoms with Gasteiger partial charge in [-0.2, -0.15) is 0 Å². The molecule has 0 atom stereocenters. The Kier molecular flexibility index (Phi) is 3.81. The smallest absolute Gasteiger partial charge is 0.125 e. The first kappa shape index (κ1) is 15.3. The third-order valence-corrected chi connectivity index (χ3v) is 4.68. The van der Waals surface area contributed by atoms with E-state index < -0.39 is 0 Å². The number of fused-ring (bicyclic) bond motifs is 2. The summed E-state index contributed by atoms with van der Waals surface area (Å²) in [6.45, 7) is 9.18. The van der Waals surface area contributed by atoms with Crippen LogP contribution in [0, 0.1) is 6.92 Å². The molecule has 0 unspecified atom stereocenters. The lowest BCUT2D eigenvalue weighted by Gasteiger charge is -2.28. The summed E-state index contributed by atoms with van der Waals surface area (Å²) in [5, 5.41) is 0. The molecule has 0 saturated heterocycles. The second kappa shape index (κ2) is 5.98. The molecule has 1 aliphatic heterocycles. The molecular formula is C19H23N5. The number of imidazole rings is 1. The van der Waals surface area contributed by atoms with Gasteiger partial charge >= 0.3 is 0 Å². The van der Waals surface area contributed by atoms with Crippen molar-refractivity contribution in [3.8, 4) is 0 Å². The van der Waals surface area contributed by atoms with Gasteiger partial charge in [0.05, 0.1) is 17.6 Å². The van der Waals surface area contributed by atoms with Crippen molar-refractivity contribution in [3.63, 3.8) is 0 Å². The van der Waals surface area contributed by atoms with Crippen LogP contribution in [0.4, 0.5) is 0 Å². The third-order valence-electron chi connectivity index (χ3n) is 4.68. The van der Waals surface area contributed by atoms with Crippen LogP contribution >= 0.6 is 0 Å². The minimum atomic E-state index is 0.399. The van der Waals surface area contributed by atoms with Crippen molar-refractivity contribution >= 4 is 11.0 Å². The van der Waals surface area contributed by atoms with E-state index in [0.29, 0.717) is 6.04 Å². The topological polar surface area (TPSA) is 46.8 Å². The summed E-state index contributed by atoms with van der Waals surface area (Å²) in [6.07, 6.45) is 2.97. The maximum atomic E-state index is 4.89. The van der Waals surface area contributed by atoms with Crippen LogP contribution in [0.5, 0.6) is 0 Å². The Labute approximate surface area is 142 Å². The first-order chi connectivity index (χ1) is 11.6. The Hall–Kier alpha value is -2.27. The van der Waals surface area contributed by atoms with Gasteiger partial charge in [-0.15, -0.1) is 0 Å². The molecule has 0 saturated carbocycles. The van der Waals surface area contributed by atoms with Crippen molar-refractivity contribution in [3.05, 3.63) is 53.4 Å². The monoisotopic (exact) mass is 321 g/mol. The maximum Gasteiger partial charge on any atom is 0.125 e. The van der Waals surface area contributed by atoms with E-state index in [2.05, 4.69) is 57.5 Å². The number of benzene rings is 1. The van der Waals surface area contributed by atoms with E-state index in [-0.39, 0.29) is 0 Å². The zero-order valence-electron chi connectivity index (χ0n) is 14.5. The van der Waals surface area contributed by atoms with Gasteiger partial charge in [0.1, 0.15) is 11.6 Å². The molecule has 4 rings (SSSR count). The van der Waals surface area contributed by atoms with Crippen molar-refractivity contribution in [1.82, 2.24) is 24.4 Å². The highest BCUT2D eigenvalue weighted by Crippen LogP contribution is 2.24. The summed E-state index contributed by atoms with van der Waals surface area (Å²) in [4.78, 5) is 16.3. The fourth-order valence-electron chi connectivity index (χ4n) is 3.59. The summed E-state index contributed by atoms with van der Waals surface area (Å²) in [5.74, 6) is 2.01. The molecule has 0 radical (unpaired) electrons. The van der Waals surface area contributed by atoms with Gasteiger partial charge < -0.3 is 4.57 Å². The highest BCUT2D eigenvalue weighted by molar-refractivity contribution is 5.76. The number of aryl methyl sites for hydroxylation is 1. The lowest BCUT2D eigenvalue weighted by Crippen LogP contribution is -2.32. The van der Waals surface area contributed by atoms with Gasteiger partial charge in [-0.3, -0.25) is 4.90 Å². The molecule has 0 spiro atoms. The zero-order chi connectivity index (χ0) is 16.7. The minimum absolute atomic E-state index is 0.399. The fourth-order valence-corrected chi connectivity index (χ4v) is 3.59. The first-order valence-electron chi connectivity index (χ1n) is 8.61. The molecule has 124 valence electrons. The molecule has 3 aromatic rings. The quantitative estimate of drug-likeness (QED) is 0.743. The van der Waals surface area contributed by atoms with Gasteiger partial charge in [0, 0.05) is 43.0 Å². The number of aromatic nitrogens is 4. The van der Waals surface area contributed by atoms with Crippen LogP contribution in [0.3, 0.4) is 0 Å². The average molecular weight is 321 g/mol. The number of nitrogens with zero attached hydrogens (tertiary/aromatic N) is 5. The lowest BCUT2D eigenvalue weighted by atomic mass is 10.1. The van der Waals surface area contributed by atoms with E-state index in [9.17, 15) is 0 Å². The van der Waals surface area contributed by atoms with Crippen LogP contribution in [0.2, 0.25) is 0 Å². The lowest BCUT2D eigenvalue weighted by molar-refractivity contribution is 0.232. The van der Waals surface area contributed by atoms with Crippen LogP contribution in [-0.4, -0.2) is 31.0 Å². The largest absolute Gasteiger partial charge is 0.324 e. The molecule has 5 heteroatoms. The predicted octanol–water partition coefficient (Wildman–Crippen LogP) is 3.27. The number of hydrogen-bond acceptors (Lipinski definition) is 4. The van der Waals surface area contributed by atoms with Crippen molar-refractivity contribution < 1.29 is 0 Å². The molecule has 2 aromatic heterocycles. The zero-order valence-corrected chi connectivity index (χ0v) is 14.5. The van der Waals surface area contributed by atoms with Crippen LogP contribution < -0.4 is 0 Å². The Bertz CT molecular complexity index is 881. The number of hydrogen-bond donors (Lipinski definition) is 0. The van der Waals surface area contributed by atoms with Gasteiger partial charge in [0.25, 0.3) is 0 Å². The highest BCUT2D eigenvalue weighted by atomic mass is 15.2. The van der Waals surface area contributed by atoms with Gasteiger partial charge in [0.15, 0.2) is 0 Å². The Balaban J connectivity index is 1.63. The van der Waals surface area contributed by atoms with Crippen molar-refractivity contribution in [1.29, 1.82) is 0 Å². The van der Waals surface area contributed by atoms with E-state index in [1.807, 2.05) is 13.1 Å². The predicted molar refractivity (Wildman–Crippen MR) is 94.7 cm³/mol. The Morgan fingerprint density at radius 1 is 1.17 bits per heavy atom. The average Bonchev–Trinajstić information content (AvgIpc) is 2.93. The molecule has 0 amide bonds. The summed E-state index contributed by atoms with van der Waals surface area (Å²) in [6, 6.07) is 8.80. The van der Waals surface area contributed by atoms with Crippen LogP contribution in [0.25, 0.3) is 11.0 Å². The van der Waals surface area contributed by atoms with E-state index in [4.69, 9.17) is 4.98 Å². The molecule has 0 bridgehead atoms. The summed E-state index contributed by atoms with van der Waals surface area (Å²) >= 11 is 0. The summed E-state index contributed by atoms with van der Waals surface area (Å²) in [5.41, 5.74) is 4.76. The molecule has 0 N–H and O–H groups in total. The van der Waals surface area contributed by atoms with Crippen molar-refractivity contribution in [2.45, 2.75) is 46.3 Å². The first-order valence-corrected chi connectivity index (χ1v) is 8.61. The Morgan fingerprint density at radius 2 is 2.00 bits per heavy atom. The molecule has 3 heterocycles. The van der Waals surface area contributed by atoms with Gasteiger partial charge in [-0.25, -0.2) is 15.0 Å². The molecule has 1 aliphatic rings. The molecule has 1 aromatic carbocycles. The molecule has 0 aliphatic carbocycles. The molecule has 0 fully saturated rings. The Morgan fingerprint density at radius 3 is 2.83 bits per heavy atom. The minimum Gasteiger partial charge on any atom is -0.324 e. The van der Waals surface area contributed by atoms with E-state index >= 15 is 0 Å². The number of para-hydroxylation sites is 2. The molecule has 24 heavy (non-hydrogen) atoms. The van der Waals surface area contributed by atoms with Crippen LogP contribution in [0.1, 0.15) is 42.8 Å². The third kappa shape index (κ3) is 2.69. The summed E-state index contributed by atoms with van der Waals surface area (Å²) in [7, 11) is 0. The molecule has 5 nitrogen and oxygen atoms in total. The second-order valence-corrected chi connectivity index (χ2v) is 6.83. The van der Waals surface area contributed by atoms with Gasteiger partial charge in [-0.05, 0) is 32.9 Å². The standard InChI is InChI=1S/C19H23N5/c1-13(2)24-18-7-5-4-6-17(18)22-19(24)12-23-9-8-16-15(11-23)10-20-14(3)21-16/h4-7,10,13H,8-9,11-12H2,1-3H3. The molecular weight excluding hydrogens is 298 g/mol. The van der Waals surface area contributed by atoms with E-state index in [0.717, 1.165) is 43.2 Å². The summed E-state index contributed by atoms with van der Waals surface area (Å²) < 4.78 is 2.36. The fraction of sp³-hybridized carbons (Fsp3) is 0.421. The SMILES string of the molecule is Cc1ncc2c(n1)CCN(Cc1nc3ccccc3n1C(C)C)C2.